The molecule has 0 unspecified atom stereocenters. The van der Waals surface area contributed by atoms with E-state index in [1.54, 1.807) is 6.20 Å². The van der Waals surface area contributed by atoms with Gasteiger partial charge in [0.15, 0.2) is 0 Å². The first kappa shape index (κ1) is 23.6. The number of hydrogen-bond acceptors (Lipinski definition) is 6. The molecular formula is C26H32N4O4. The molecule has 2 aromatic carbocycles. The Hall–Kier alpha value is -3.52. The van der Waals surface area contributed by atoms with Crippen molar-refractivity contribution >= 4 is 17.7 Å². The van der Waals surface area contributed by atoms with Gasteiger partial charge in [0.25, 0.3) is 0 Å². The predicted molar refractivity (Wildman–Crippen MR) is 130 cm³/mol. The minimum absolute atomic E-state index is 0.187. The van der Waals surface area contributed by atoms with Gasteiger partial charge >= 0.3 is 12.1 Å². The Kier molecular flexibility index (Phi) is 7.07. The zero-order valence-corrected chi connectivity index (χ0v) is 19.3. The molecule has 0 aromatic heterocycles. The van der Waals surface area contributed by atoms with Crippen molar-refractivity contribution in [1.29, 1.82) is 0 Å². The van der Waals surface area contributed by atoms with Crippen molar-refractivity contribution in [3.8, 4) is 0 Å². The highest BCUT2D eigenvalue weighted by atomic mass is 16.5. The number of benzene rings is 2. The zero-order chi connectivity index (χ0) is 24.1. The molecule has 0 spiro atoms. The molecule has 0 heterocycles. The molecule has 4 rings (SSSR count). The number of amides is 1. The van der Waals surface area contributed by atoms with Gasteiger partial charge in [-0.2, -0.15) is 0 Å². The quantitative estimate of drug-likeness (QED) is 0.344. The van der Waals surface area contributed by atoms with E-state index in [0.29, 0.717) is 36.4 Å². The molecule has 2 saturated carbocycles. The Morgan fingerprint density at radius 1 is 1.12 bits per heavy atom. The van der Waals surface area contributed by atoms with Crippen LogP contribution in [0.1, 0.15) is 48.8 Å². The fraction of sp³-hybridized carbons (Fsp3) is 0.385. The summed E-state index contributed by atoms with van der Waals surface area (Å²) in [7, 11) is 0. The van der Waals surface area contributed by atoms with Crippen LogP contribution in [0.5, 0.6) is 0 Å². The fourth-order valence-corrected chi connectivity index (χ4v) is 3.93. The Morgan fingerprint density at radius 3 is 2.41 bits per heavy atom. The van der Waals surface area contributed by atoms with Gasteiger partial charge in [0.1, 0.15) is 6.61 Å². The molecule has 0 aliphatic heterocycles. The van der Waals surface area contributed by atoms with Crippen LogP contribution >= 0.6 is 0 Å². The summed E-state index contributed by atoms with van der Waals surface area (Å²) in [6, 6.07) is 15.9. The first-order valence-corrected chi connectivity index (χ1v) is 11.6. The number of carbonyl (C=O) groups is 2. The van der Waals surface area contributed by atoms with Gasteiger partial charge in [0.05, 0.1) is 5.41 Å². The molecular weight excluding hydrogens is 432 g/mol. The summed E-state index contributed by atoms with van der Waals surface area (Å²) < 4.78 is 5.34. The number of carboxylic acid groups (broad SMARTS) is 1. The molecule has 2 aliphatic carbocycles. The maximum atomic E-state index is 12.1. The molecule has 2 aliphatic rings. The molecule has 2 aromatic rings. The number of nitrogens with two attached hydrogens (primary N) is 1. The van der Waals surface area contributed by atoms with Gasteiger partial charge in [-0.15, -0.1) is 0 Å². The molecule has 2 atom stereocenters. The van der Waals surface area contributed by atoms with E-state index in [9.17, 15) is 14.7 Å². The highest BCUT2D eigenvalue weighted by Crippen LogP contribution is 2.47. The maximum absolute atomic E-state index is 12.1. The summed E-state index contributed by atoms with van der Waals surface area (Å²) >= 11 is 0. The second-order valence-corrected chi connectivity index (χ2v) is 9.32. The van der Waals surface area contributed by atoms with Gasteiger partial charge in [-0.05, 0) is 55.0 Å². The van der Waals surface area contributed by atoms with Crippen LogP contribution in [0.2, 0.25) is 0 Å². The lowest BCUT2D eigenvalue weighted by Crippen LogP contribution is -2.31. The van der Waals surface area contributed by atoms with E-state index in [4.69, 9.17) is 10.5 Å². The van der Waals surface area contributed by atoms with E-state index in [0.717, 1.165) is 30.4 Å². The van der Waals surface area contributed by atoms with Crippen molar-refractivity contribution < 1.29 is 19.4 Å². The highest BCUT2D eigenvalue weighted by Gasteiger charge is 2.51. The number of aliphatic carboxylic acids is 1. The highest BCUT2D eigenvalue weighted by molar-refractivity contribution is 5.84. The first-order chi connectivity index (χ1) is 16.3. The molecule has 0 bridgehead atoms. The fourth-order valence-electron chi connectivity index (χ4n) is 3.93. The lowest BCUT2D eigenvalue weighted by Gasteiger charge is -2.11. The molecule has 8 nitrogen and oxygen atoms in total. The second-order valence-electron chi connectivity index (χ2n) is 9.32. The normalized spacial score (nSPS) is 20.3. The summed E-state index contributed by atoms with van der Waals surface area (Å²) in [5.41, 5.74) is 9.63. The number of anilines is 1. The monoisotopic (exact) mass is 464 g/mol. The van der Waals surface area contributed by atoms with Gasteiger partial charge in [-0.3, -0.25) is 10.1 Å². The third kappa shape index (κ3) is 6.29. The Labute approximate surface area is 199 Å². The van der Waals surface area contributed by atoms with Crippen LogP contribution in [0.3, 0.4) is 0 Å². The average molecular weight is 465 g/mol. The first-order valence-electron chi connectivity index (χ1n) is 11.6. The smallest absolute Gasteiger partial charge is 0.411 e. The van der Waals surface area contributed by atoms with E-state index in [2.05, 4.69) is 28.1 Å². The Morgan fingerprint density at radius 2 is 1.79 bits per heavy atom. The lowest BCUT2D eigenvalue weighted by molar-refractivity contribution is -0.143. The van der Waals surface area contributed by atoms with E-state index >= 15 is 0 Å². The van der Waals surface area contributed by atoms with Crippen molar-refractivity contribution in [3.05, 3.63) is 77.1 Å². The molecule has 6 N–H and O–H groups in total. The molecule has 1 amide bonds. The van der Waals surface area contributed by atoms with Crippen LogP contribution in [0, 0.1) is 5.41 Å². The summed E-state index contributed by atoms with van der Waals surface area (Å²) in [4.78, 5) is 23.4. The van der Waals surface area contributed by atoms with Gasteiger partial charge in [-0.25, -0.2) is 4.79 Å². The van der Waals surface area contributed by atoms with Crippen LogP contribution in [0.25, 0.3) is 0 Å². The summed E-state index contributed by atoms with van der Waals surface area (Å²) in [6.07, 6.45) is 3.80. The van der Waals surface area contributed by atoms with E-state index in [-0.39, 0.29) is 6.61 Å². The largest absolute Gasteiger partial charge is 0.481 e. The number of carboxylic acids is 1. The molecule has 0 radical (unpaired) electrons. The van der Waals surface area contributed by atoms with Gasteiger partial charge < -0.3 is 26.2 Å². The van der Waals surface area contributed by atoms with E-state index in [1.165, 1.54) is 5.56 Å². The molecule has 2 fully saturated rings. The molecule has 8 heteroatoms. The molecule has 34 heavy (non-hydrogen) atoms. The third-order valence-corrected chi connectivity index (χ3v) is 6.41. The minimum Gasteiger partial charge on any atom is -0.481 e. The number of nitrogens with one attached hydrogen (secondary N) is 3. The van der Waals surface area contributed by atoms with Crippen LogP contribution in [-0.2, 0) is 22.7 Å². The van der Waals surface area contributed by atoms with Crippen LogP contribution in [0.4, 0.5) is 10.5 Å². The zero-order valence-electron chi connectivity index (χ0n) is 19.3. The lowest BCUT2D eigenvalue weighted by atomic mass is 10.1. The number of hydrogen-bond donors (Lipinski definition) is 5. The van der Waals surface area contributed by atoms with Gasteiger partial charge in [0.2, 0.25) is 0 Å². The summed E-state index contributed by atoms with van der Waals surface area (Å²) in [5, 5.41) is 18.6. The predicted octanol–water partition coefficient (Wildman–Crippen LogP) is 3.66. The summed E-state index contributed by atoms with van der Waals surface area (Å²) in [5.74, 6) is -0.276. The van der Waals surface area contributed by atoms with Crippen molar-refractivity contribution in [2.45, 2.75) is 51.3 Å². The topological polar surface area (TPSA) is 126 Å². The standard InChI is InChI=1S/C26H32N4O4/c1-17(27)13-28-14-18-4-8-21(9-5-18)30-25(33)34-15-19-2-6-20(7-3-19)22-12-23(22)29-16-26(10-11-26)24(31)32/h2-9,13,22-23,28-29H,10-12,14-16,27H2,1H3,(H,30,33)(H,31,32)/b17-13-/t22-,23+/m1/s1. The van der Waals surface area contributed by atoms with Crippen LogP contribution in [0.15, 0.2) is 60.4 Å². The Balaban J connectivity index is 1.17. The van der Waals surface area contributed by atoms with Gasteiger partial charge in [-0.1, -0.05) is 36.4 Å². The second kappa shape index (κ2) is 10.2. The van der Waals surface area contributed by atoms with Crippen molar-refractivity contribution in [3.63, 3.8) is 0 Å². The third-order valence-electron chi connectivity index (χ3n) is 6.41. The van der Waals surface area contributed by atoms with Crippen molar-refractivity contribution in [2.24, 2.45) is 11.1 Å². The van der Waals surface area contributed by atoms with E-state index < -0.39 is 17.5 Å². The number of ether oxygens (including phenoxy) is 1. The Bertz CT molecular complexity index is 1040. The van der Waals surface area contributed by atoms with Gasteiger partial charge in [0, 0.05) is 42.6 Å². The minimum atomic E-state index is -0.689. The molecule has 180 valence electrons. The SMILES string of the molecule is C/C(N)=C/NCc1ccc(NC(=O)OCc2ccc([C@H]3C[C@@H]3NCC3(C(=O)O)CC3)cc2)cc1. The van der Waals surface area contributed by atoms with Crippen LogP contribution in [-0.4, -0.2) is 29.8 Å². The van der Waals surface area contributed by atoms with Crippen LogP contribution < -0.4 is 21.7 Å². The maximum Gasteiger partial charge on any atom is 0.411 e. The van der Waals surface area contributed by atoms with E-state index in [1.807, 2.05) is 43.3 Å². The number of allylic oxidation sites excluding steroid dienone is 1. The number of rotatable bonds is 11. The van der Waals surface area contributed by atoms with Crippen molar-refractivity contribution in [2.75, 3.05) is 11.9 Å². The summed E-state index contributed by atoms with van der Waals surface area (Å²) in [6.45, 7) is 3.20. The molecule has 0 saturated heterocycles. The number of carbonyl (C=O) groups excluding carboxylic acids is 1. The van der Waals surface area contributed by atoms with Crippen molar-refractivity contribution in [1.82, 2.24) is 10.6 Å². The average Bonchev–Trinajstić information content (AvgIpc) is 3.73.